The van der Waals surface area contributed by atoms with Gasteiger partial charge in [-0.15, -0.1) is 35.3 Å². The van der Waals surface area contributed by atoms with Crippen LogP contribution in [-0.4, -0.2) is 19.0 Å². The molecule has 0 fully saturated rings. The zero-order chi connectivity index (χ0) is 14.2. The van der Waals surface area contributed by atoms with Crippen LogP contribution < -0.4 is 10.6 Å². The van der Waals surface area contributed by atoms with Crippen molar-refractivity contribution in [1.29, 1.82) is 0 Å². The molecule has 0 aliphatic carbocycles. The third kappa shape index (κ3) is 6.99. The average Bonchev–Trinajstić information content (AvgIpc) is 3.08. The summed E-state index contributed by atoms with van der Waals surface area (Å²) < 4.78 is 0.845. The summed E-state index contributed by atoms with van der Waals surface area (Å²) in [5, 5.41) is 10.8. The quantitative estimate of drug-likeness (QED) is 0.385. The molecule has 0 radical (unpaired) electrons. The van der Waals surface area contributed by atoms with Crippen molar-refractivity contribution in [1.82, 2.24) is 10.6 Å². The molecule has 0 amide bonds. The van der Waals surface area contributed by atoms with Gasteiger partial charge in [-0.05, 0) is 47.9 Å². The van der Waals surface area contributed by atoms with Gasteiger partial charge in [0.1, 0.15) is 0 Å². The van der Waals surface area contributed by atoms with Crippen LogP contribution in [0.25, 0.3) is 0 Å². The minimum atomic E-state index is 0. The Labute approximate surface area is 155 Å². The van der Waals surface area contributed by atoms with E-state index in [2.05, 4.69) is 45.4 Å². The summed E-state index contributed by atoms with van der Waals surface area (Å²) >= 11 is 9.25. The summed E-state index contributed by atoms with van der Waals surface area (Å²) in [5.41, 5.74) is 1.25. The maximum atomic E-state index is 5.92. The van der Waals surface area contributed by atoms with Crippen molar-refractivity contribution in [2.75, 3.05) is 13.1 Å². The molecule has 21 heavy (non-hydrogen) atoms. The van der Waals surface area contributed by atoms with Gasteiger partial charge in [0.25, 0.3) is 0 Å². The van der Waals surface area contributed by atoms with E-state index in [4.69, 9.17) is 11.6 Å². The highest BCUT2D eigenvalue weighted by molar-refractivity contribution is 14.0. The van der Waals surface area contributed by atoms with Crippen LogP contribution in [0.4, 0.5) is 0 Å². The van der Waals surface area contributed by atoms with Crippen molar-refractivity contribution in [3.8, 4) is 0 Å². The number of nitrogens with zero attached hydrogens (tertiary/aromatic N) is 1. The van der Waals surface area contributed by atoms with Gasteiger partial charge in [0, 0.05) is 18.0 Å². The maximum absolute atomic E-state index is 5.92. The molecule has 2 aromatic heterocycles. The number of thiophene rings is 2. The van der Waals surface area contributed by atoms with Crippen molar-refractivity contribution in [3.63, 3.8) is 0 Å². The van der Waals surface area contributed by atoms with E-state index in [1.54, 1.807) is 22.7 Å². The molecule has 0 aliphatic rings. The van der Waals surface area contributed by atoms with Crippen LogP contribution >= 0.6 is 58.3 Å². The van der Waals surface area contributed by atoms with E-state index >= 15 is 0 Å². The first-order valence-corrected chi connectivity index (χ1v) is 8.69. The highest BCUT2D eigenvalue weighted by Gasteiger charge is 2.00. The van der Waals surface area contributed by atoms with E-state index < -0.39 is 0 Å². The zero-order valence-corrected chi connectivity index (χ0v) is 16.5. The second kappa shape index (κ2) is 10.4. The number of guanidine groups is 1. The van der Waals surface area contributed by atoms with Crippen LogP contribution in [0.5, 0.6) is 0 Å². The summed E-state index contributed by atoms with van der Waals surface area (Å²) in [4.78, 5) is 5.86. The Kier molecular flexibility index (Phi) is 9.30. The van der Waals surface area contributed by atoms with Gasteiger partial charge in [-0.1, -0.05) is 11.6 Å². The second-order valence-corrected chi connectivity index (χ2v) is 6.79. The topological polar surface area (TPSA) is 36.4 Å². The van der Waals surface area contributed by atoms with E-state index in [1.165, 1.54) is 10.4 Å². The molecular weight excluding hydrogens is 437 g/mol. The molecular formula is C14H19ClIN3S2. The predicted octanol–water partition coefficient (Wildman–Crippen LogP) is 4.38. The lowest BCUT2D eigenvalue weighted by Crippen LogP contribution is -2.38. The molecule has 0 saturated heterocycles. The standard InChI is InChI=1S/C14H18ClN3S2.HI/c1-2-16-14(18-9-11-6-8-19-10-11)17-7-5-12-3-4-13(15)20-12;/h3-4,6,8,10H,2,5,7,9H2,1H3,(H2,16,17,18);1H. The lowest BCUT2D eigenvalue weighted by molar-refractivity contribution is 0.805. The van der Waals surface area contributed by atoms with E-state index in [1.807, 2.05) is 6.07 Å². The number of nitrogens with one attached hydrogen (secondary N) is 2. The SMILES string of the molecule is CCNC(=NCc1ccsc1)NCCc1ccc(Cl)s1.I. The first-order valence-electron chi connectivity index (χ1n) is 6.55. The molecule has 2 rings (SSSR count). The summed E-state index contributed by atoms with van der Waals surface area (Å²) in [6.07, 6.45) is 0.959. The molecule has 7 heteroatoms. The Hall–Kier alpha value is -0.310. The van der Waals surface area contributed by atoms with Crippen molar-refractivity contribution in [2.45, 2.75) is 19.9 Å². The van der Waals surface area contributed by atoms with Gasteiger partial charge in [0.2, 0.25) is 0 Å². The van der Waals surface area contributed by atoms with Gasteiger partial charge in [-0.2, -0.15) is 11.3 Å². The average molecular weight is 456 g/mol. The Morgan fingerprint density at radius 2 is 2.14 bits per heavy atom. The number of aliphatic imine (C=N–C) groups is 1. The molecule has 0 saturated carbocycles. The Bertz CT molecular complexity index is 540. The summed E-state index contributed by atoms with van der Waals surface area (Å²) in [6.45, 7) is 4.50. The molecule has 0 spiro atoms. The predicted molar refractivity (Wildman–Crippen MR) is 106 cm³/mol. The van der Waals surface area contributed by atoms with Crippen LogP contribution in [-0.2, 0) is 13.0 Å². The zero-order valence-electron chi connectivity index (χ0n) is 11.8. The molecule has 0 unspecified atom stereocenters. The number of hydrogen-bond donors (Lipinski definition) is 2. The smallest absolute Gasteiger partial charge is 0.191 e. The van der Waals surface area contributed by atoms with Crippen molar-refractivity contribution in [3.05, 3.63) is 43.7 Å². The van der Waals surface area contributed by atoms with Gasteiger partial charge in [0.15, 0.2) is 5.96 Å². The fraction of sp³-hybridized carbons (Fsp3) is 0.357. The minimum Gasteiger partial charge on any atom is -0.357 e. The highest BCUT2D eigenvalue weighted by Crippen LogP contribution is 2.21. The van der Waals surface area contributed by atoms with Crippen LogP contribution in [0.2, 0.25) is 4.34 Å². The van der Waals surface area contributed by atoms with Crippen LogP contribution in [0, 0.1) is 0 Å². The van der Waals surface area contributed by atoms with Gasteiger partial charge < -0.3 is 10.6 Å². The van der Waals surface area contributed by atoms with Crippen LogP contribution in [0.1, 0.15) is 17.4 Å². The van der Waals surface area contributed by atoms with Crippen LogP contribution in [0.15, 0.2) is 34.0 Å². The number of hydrogen-bond acceptors (Lipinski definition) is 3. The lowest BCUT2D eigenvalue weighted by Gasteiger charge is -2.10. The van der Waals surface area contributed by atoms with Gasteiger partial charge >= 0.3 is 0 Å². The van der Waals surface area contributed by atoms with Crippen molar-refractivity contribution < 1.29 is 0 Å². The van der Waals surface area contributed by atoms with E-state index in [0.717, 1.165) is 29.8 Å². The van der Waals surface area contributed by atoms with Crippen LogP contribution in [0.3, 0.4) is 0 Å². The fourth-order valence-electron chi connectivity index (χ4n) is 1.68. The van der Waals surface area contributed by atoms with E-state index in [9.17, 15) is 0 Å². The molecule has 3 nitrogen and oxygen atoms in total. The fourth-order valence-corrected chi connectivity index (χ4v) is 3.43. The van der Waals surface area contributed by atoms with Crippen molar-refractivity contribution >= 4 is 64.2 Å². The Balaban J connectivity index is 0.00000220. The third-order valence-electron chi connectivity index (χ3n) is 2.64. The normalized spacial score (nSPS) is 11.0. The Morgan fingerprint density at radius 3 is 2.76 bits per heavy atom. The molecule has 2 N–H and O–H groups in total. The van der Waals surface area contributed by atoms with Gasteiger partial charge in [0.05, 0.1) is 10.9 Å². The highest BCUT2D eigenvalue weighted by atomic mass is 127. The molecule has 2 aromatic rings. The number of halogens is 2. The minimum absolute atomic E-state index is 0. The maximum Gasteiger partial charge on any atom is 0.191 e. The Morgan fingerprint density at radius 1 is 1.29 bits per heavy atom. The van der Waals surface area contributed by atoms with Crippen molar-refractivity contribution in [2.24, 2.45) is 4.99 Å². The molecule has 2 heterocycles. The molecule has 0 atom stereocenters. The molecule has 116 valence electrons. The molecule has 0 aliphatic heterocycles. The largest absolute Gasteiger partial charge is 0.357 e. The first kappa shape index (κ1) is 18.7. The summed E-state index contributed by atoms with van der Waals surface area (Å²) in [5.74, 6) is 0.862. The second-order valence-electron chi connectivity index (χ2n) is 4.21. The van der Waals surface area contributed by atoms with Gasteiger partial charge in [-0.25, -0.2) is 4.99 Å². The summed E-state index contributed by atoms with van der Waals surface area (Å²) in [7, 11) is 0. The molecule has 0 aromatic carbocycles. The lowest BCUT2D eigenvalue weighted by atomic mass is 10.3. The van der Waals surface area contributed by atoms with E-state index in [-0.39, 0.29) is 24.0 Å². The van der Waals surface area contributed by atoms with E-state index in [0.29, 0.717) is 6.54 Å². The molecule has 0 bridgehead atoms. The monoisotopic (exact) mass is 455 g/mol. The summed E-state index contributed by atoms with van der Waals surface area (Å²) in [6, 6.07) is 6.12. The third-order valence-corrected chi connectivity index (χ3v) is 4.66. The van der Waals surface area contributed by atoms with Gasteiger partial charge in [-0.3, -0.25) is 0 Å². The first-order chi connectivity index (χ1) is 9.78. The number of rotatable bonds is 6.